The zero-order valence-corrected chi connectivity index (χ0v) is 18.3. The summed E-state index contributed by atoms with van der Waals surface area (Å²) >= 11 is 0. The van der Waals surface area contributed by atoms with Gasteiger partial charge in [0.2, 0.25) is 10.0 Å². The summed E-state index contributed by atoms with van der Waals surface area (Å²) in [6, 6.07) is 14.3. The second kappa shape index (κ2) is 7.89. The highest BCUT2D eigenvalue weighted by Crippen LogP contribution is 2.31. The van der Waals surface area contributed by atoms with Crippen molar-refractivity contribution in [1.29, 1.82) is 5.26 Å². The van der Waals surface area contributed by atoms with Crippen LogP contribution in [0.4, 0.5) is 0 Å². The smallest absolute Gasteiger partial charge is 0.243 e. The summed E-state index contributed by atoms with van der Waals surface area (Å²) in [7, 11) is -3.66. The number of fused-ring (bicyclic) bond motifs is 1. The Morgan fingerprint density at radius 1 is 1.19 bits per heavy atom. The average Bonchev–Trinajstić information content (AvgIpc) is 3.54. The first-order valence-corrected chi connectivity index (χ1v) is 11.9. The molecular weight excluding hydrogens is 424 g/mol. The van der Waals surface area contributed by atoms with Gasteiger partial charge in [-0.2, -0.15) is 19.8 Å². The third-order valence-electron chi connectivity index (χ3n) is 6.08. The molecule has 2 aromatic carbocycles. The Bertz CT molecular complexity index is 1420. The Hall–Kier alpha value is -3.48. The zero-order chi connectivity index (χ0) is 22.3. The van der Waals surface area contributed by atoms with Crippen molar-refractivity contribution in [3.8, 4) is 17.2 Å². The predicted octanol–water partition coefficient (Wildman–Crippen LogP) is 3.40. The second-order valence-corrected chi connectivity index (χ2v) is 10.1. The SMILES string of the molecule is C[C@H]1C[C@@H](Cn2ncc3cc(-c4cn[nH]c4)ccc32)CN1S(=O)(=O)c1cccc(C#N)c1. The number of hydrogen-bond donors (Lipinski definition) is 1. The van der Waals surface area contributed by atoms with Crippen molar-refractivity contribution in [3.63, 3.8) is 0 Å². The molecule has 0 saturated carbocycles. The monoisotopic (exact) mass is 446 g/mol. The summed E-state index contributed by atoms with van der Waals surface area (Å²) in [6.07, 6.45) is 6.24. The van der Waals surface area contributed by atoms with Gasteiger partial charge < -0.3 is 0 Å². The minimum Gasteiger partial charge on any atom is -0.285 e. The highest BCUT2D eigenvalue weighted by Gasteiger charge is 2.38. The molecule has 9 heteroatoms. The highest BCUT2D eigenvalue weighted by atomic mass is 32.2. The first-order chi connectivity index (χ1) is 15.5. The van der Waals surface area contributed by atoms with E-state index in [9.17, 15) is 8.42 Å². The number of aromatic nitrogens is 4. The molecule has 1 aliphatic rings. The Morgan fingerprint density at radius 3 is 2.84 bits per heavy atom. The molecule has 32 heavy (non-hydrogen) atoms. The van der Waals surface area contributed by atoms with Crippen LogP contribution in [0.25, 0.3) is 22.0 Å². The number of nitrogens with zero attached hydrogens (tertiary/aromatic N) is 5. The number of nitrogens with one attached hydrogen (secondary N) is 1. The number of benzene rings is 2. The molecule has 1 fully saturated rings. The lowest BCUT2D eigenvalue weighted by Gasteiger charge is -2.21. The predicted molar refractivity (Wildman–Crippen MR) is 120 cm³/mol. The van der Waals surface area contributed by atoms with Crippen LogP contribution in [0.1, 0.15) is 18.9 Å². The lowest BCUT2D eigenvalue weighted by Crippen LogP contribution is -2.34. The topological polar surface area (TPSA) is 108 Å². The summed E-state index contributed by atoms with van der Waals surface area (Å²) in [5.41, 5.74) is 3.45. The molecule has 4 aromatic rings. The van der Waals surface area contributed by atoms with E-state index in [1.54, 1.807) is 28.7 Å². The molecule has 0 amide bonds. The van der Waals surface area contributed by atoms with E-state index in [2.05, 4.69) is 21.4 Å². The first-order valence-electron chi connectivity index (χ1n) is 10.4. The Kier molecular flexibility index (Phi) is 5.04. The number of aromatic amines is 1. The zero-order valence-electron chi connectivity index (χ0n) is 17.5. The van der Waals surface area contributed by atoms with Crippen molar-refractivity contribution >= 4 is 20.9 Å². The van der Waals surface area contributed by atoms with Gasteiger partial charge in [0, 0.05) is 36.3 Å². The molecule has 162 valence electrons. The fourth-order valence-electron chi connectivity index (χ4n) is 4.50. The van der Waals surface area contributed by atoms with Crippen molar-refractivity contribution in [2.24, 2.45) is 5.92 Å². The fraction of sp³-hybridized carbons (Fsp3) is 0.261. The summed E-state index contributed by atoms with van der Waals surface area (Å²) in [5, 5.41) is 21.5. The molecule has 3 heterocycles. The van der Waals surface area contributed by atoms with Crippen LogP contribution in [0, 0.1) is 17.2 Å². The molecule has 0 aliphatic carbocycles. The summed E-state index contributed by atoms with van der Waals surface area (Å²) < 4.78 is 29.9. The molecular formula is C23H22N6O2S. The van der Waals surface area contributed by atoms with Gasteiger partial charge in [0.25, 0.3) is 0 Å². The van der Waals surface area contributed by atoms with Crippen molar-refractivity contribution in [3.05, 3.63) is 66.6 Å². The van der Waals surface area contributed by atoms with Crippen molar-refractivity contribution in [2.45, 2.75) is 30.8 Å². The van der Waals surface area contributed by atoms with Gasteiger partial charge in [-0.1, -0.05) is 12.1 Å². The van der Waals surface area contributed by atoms with E-state index in [1.165, 1.54) is 6.07 Å². The van der Waals surface area contributed by atoms with Crippen LogP contribution in [0.5, 0.6) is 0 Å². The molecule has 1 aliphatic heterocycles. The van der Waals surface area contributed by atoms with Crippen LogP contribution in [0.3, 0.4) is 0 Å². The van der Waals surface area contributed by atoms with Crippen LogP contribution in [0.2, 0.25) is 0 Å². The first kappa shape index (κ1) is 20.4. The quantitative estimate of drug-likeness (QED) is 0.506. The molecule has 0 unspecified atom stereocenters. The third kappa shape index (κ3) is 3.57. The van der Waals surface area contributed by atoms with E-state index in [0.717, 1.165) is 28.5 Å². The molecule has 0 radical (unpaired) electrons. The average molecular weight is 447 g/mol. The van der Waals surface area contributed by atoms with Crippen molar-refractivity contribution in [2.75, 3.05) is 6.54 Å². The molecule has 5 rings (SSSR count). The van der Waals surface area contributed by atoms with Gasteiger partial charge in [-0.25, -0.2) is 8.42 Å². The number of hydrogen-bond acceptors (Lipinski definition) is 5. The summed E-state index contributed by atoms with van der Waals surface area (Å²) in [6.45, 7) is 3.00. The molecule has 1 N–H and O–H groups in total. The minimum atomic E-state index is -3.66. The van der Waals surface area contributed by atoms with Crippen molar-refractivity contribution < 1.29 is 8.42 Å². The van der Waals surface area contributed by atoms with Gasteiger partial charge in [-0.15, -0.1) is 0 Å². The molecule has 0 bridgehead atoms. The molecule has 8 nitrogen and oxygen atoms in total. The fourth-order valence-corrected chi connectivity index (χ4v) is 6.27. The second-order valence-electron chi connectivity index (χ2n) is 8.25. The molecule has 2 aromatic heterocycles. The summed E-state index contributed by atoms with van der Waals surface area (Å²) in [4.78, 5) is 0.167. The van der Waals surface area contributed by atoms with Gasteiger partial charge in [0.1, 0.15) is 0 Å². The largest absolute Gasteiger partial charge is 0.285 e. The number of H-pyrrole nitrogens is 1. The minimum absolute atomic E-state index is 0.120. The maximum Gasteiger partial charge on any atom is 0.243 e. The Balaban J connectivity index is 1.36. The Morgan fingerprint density at radius 2 is 2.06 bits per heavy atom. The summed E-state index contributed by atoms with van der Waals surface area (Å²) in [5.74, 6) is 0.149. The molecule has 0 spiro atoms. The maximum atomic E-state index is 13.2. The van der Waals surface area contributed by atoms with Gasteiger partial charge >= 0.3 is 0 Å². The lowest BCUT2D eigenvalue weighted by atomic mass is 10.1. The maximum absolute atomic E-state index is 13.2. The van der Waals surface area contributed by atoms with Crippen LogP contribution < -0.4 is 0 Å². The Labute approximate surface area is 186 Å². The standard InChI is InChI=1S/C23H22N6O2S/c1-16-7-18(15-29(16)32(30,31)22-4-2-3-17(8-22)10-24)14-28-23-6-5-19(9-20(23)13-27-28)21-11-25-26-12-21/h2-6,8-9,11-13,16,18H,7,14-15H2,1H3,(H,25,26)/t16-,18-/m0/s1. The highest BCUT2D eigenvalue weighted by molar-refractivity contribution is 7.89. The van der Waals surface area contributed by atoms with Crippen LogP contribution in [-0.2, 0) is 16.6 Å². The van der Waals surface area contributed by atoms with E-state index in [-0.39, 0.29) is 16.9 Å². The van der Waals surface area contributed by atoms with Gasteiger partial charge in [-0.05, 0) is 55.2 Å². The van der Waals surface area contributed by atoms with Gasteiger partial charge in [0.05, 0.1) is 34.4 Å². The van der Waals surface area contributed by atoms with Crippen LogP contribution in [0.15, 0.2) is 66.0 Å². The third-order valence-corrected chi connectivity index (χ3v) is 8.05. The lowest BCUT2D eigenvalue weighted by molar-refractivity contribution is 0.396. The normalized spacial score (nSPS) is 19.4. The number of sulfonamides is 1. The van der Waals surface area contributed by atoms with Crippen LogP contribution in [-0.4, -0.2) is 45.3 Å². The van der Waals surface area contributed by atoms with E-state index >= 15 is 0 Å². The molecule has 1 saturated heterocycles. The van der Waals surface area contributed by atoms with Crippen LogP contribution >= 0.6 is 0 Å². The number of rotatable bonds is 5. The number of nitriles is 1. The van der Waals surface area contributed by atoms with E-state index in [1.807, 2.05) is 42.2 Å². The van der Waals surface area contributed by atoms with Gasteiger partial charge in [0.15, 0.2) is 0 Å². The van der Waals surface area contributed by atoms with E-state index < -0.39 is 10.0 Å². The van der Waals surface area contributed by atoms with Gasteiger partial charge in [-0.3, -0.25) is 9.78 Å². The van der Waals surface area contributed by atoms with E-state index in [0.29, 0.717) is 18.7 Å². The van der Waals surface area contributed by atoms with E-state index in [4.69, 9.17) is 5.26 Å². The van der Waals surface area contributed by atoms with Crippen molar-refractivity contribution in [1.82, 2.24) is 24.3 Å². The molecule has 2 atom stereocenters.